The monoisotopic (exact) mass is 480 g/mol. The van der Waals surface area contributed by atoms with E-state index >= 15 is 0 Å². The summed E-state index contributed by atoms with van der Waals surface area (Å²) in [6.45, 7) is 14.2. The molecule has 8 nitrogen and oxygen atoms in total. The number of aliphatic hydroxyl groups is 2. The van der Waals surface area contributed by atoms with Crippen molar-refractivity contribution in [2.75, 3.05) is 4.90 Å². The highest BCUT2D eigenvalue weighted by molar-refractivity contribution is 5.78. The Morgan fingerprint density at radius 1 is 0.657 bits per heavy atom. The molecule has 0 radical (unpaired) electrons. The van der Waals surface area contributed by atoms with Crippen LogP contribution in [-0.4, -0.2) is 49.1 Å². The third-order valence-electron chi connectivity index (χ3n) is 4.97. The summed E-state index contributed by atoms with van der Waals surface area (Å²) in [7, 11) is 0. The number of benzene rings is 2. The molecule has 0 aliphatic carbocycles. The third-order valence-corrected chi connectivity index (χ3v) is 4.97. The Kier molecular flexibility index (Phi) is 7.67. The van der Waals surface area contributed by atoms with Gasteiger partial charge in [-0.25, -0.2) is 4.98 Å². The highest BCUT2D eigenvalue weighted by atomic mass is 16.5. The minimum atomic E-state index is -1.44. The lowest BCUT2D eigenvalue weighted by molar-refractivity contribution is -0.0221. The number of hydrogen-bond acceptors (Lipinski definition) is 8. The van der Waals surface area contributed by atoms with Crippen LogP contribution >= 0.6 is 0 Å². The van der Waals surface area contributed by atoms with Crippen molar-refractivity contribution in [2.45, 2.75) is 79.0 Å². The number of nitrogens with zero attached hydrogens (tertiary/aromatic N) is 4. The van der Waals surface area contributed by atoms with E-state index in [2.05, 4.69) is 10.2 Å². The highest BCUT2D eigenvalue weighted by Gasteiger charge is 2.38. The number of hydrogen-bond donors (Lipinski definition) is 2. The predicted octanol–water partition coefficient (Wildman–Crippen LogP) is 5.04. The van der Waals surface area contributed by atoms with E-state index in [1.54, 1.807) is 27.7 Å². The van der Waals surface area contributed by atoms with Crippen molar-refractivity contribution in [1.82, 2.24) is 15.2 Å². The standard InChI is InChI=1S/C27H36N4O4/c1-17(2)34-21-13-9-19(10-14-21)23-24(20-11-15-22(16-12-20)35-18(3)4)29-30-25(28-23)31(26(5,6)32)27(7,8)33/h9-18,32-33H,1-8H3. The molecule has 0 saturated heterocycles. The molecule has 8 heteroatoms. The van der Waals surface area contributed by atoms with Crippen molar-refractivity contribution in [3.8, 4) is 34.0 Å². The lowest BCUT2D eigenvalue weighted by atomic mass is 10.0. The van der Waals surface area contributed by atoms with Crippen molar-refractivity contribution in [1.29, 1.82) is 0 Å². The quantitative estimate of drug-likeness (QED) is 0.411. The molecule has 0 aliphatic heterocycles. The average molecular weight is 481 g/mol. The lowest BCUT2D eigenvalue weighted by Crippen LogP contribution is -2.56. The van der Waals surface area contributed by atoms with Crippen molar-refractivity contribution in [3.63, 3.8) is 0 Å². The molecule has 2 aromatic carbocycles. The average Bonchev–Trinajstić information content (AvgIpc) is 2.72. The van der Waals surface area contributed by atoms with Gasteiger partial charge in [-0.05, 0) is 104 Å². The SMILES string of the molecule is CC(C)Oc1ccc(-c2nnc(N(C(C)(C)O)C(C)(C)O)nc2-c2ccc(OC(C)C)cc2)cc1. The molecule has 0 fully saturated rings. The van der Waals surface area contributed by atoms with Gasteiger partial charge in [-0.3, -0.25) is 4.90 Å². The Bertz CT molecular complexity index is 1100. The van der Waals surface area contributed by atoms with Gasteiger partial charge in [0.05, 0.1) is 12.2 Å². The number of ether oxygens (including phenoxy) is 2. The molecule has 1 aromatic heterocycles. The first-order valence-corrected chi connectivity index (χ1v) is 11.8. The second-order valence-electron chi connectivity index (χ2n) is 10.0. The topological polar surface area (TPSA) is 101 Å². The molecule has 0 amide bonds. The van der Waals surface area contributed by atoms with Gasteiger partial charge in [0.15, 0.2) is 0 Å². The van der Waals surface area contributed by atoms with E-state index in [-0.39, 0.29) is 18.2 Å². The van der Waals surface area contributed by atoms with Crippen LogP contribution in [0.4, 0.5) is 5.95 Å². The molecule has 0 saturated carbocycles. The van der Waals surface area contributed by atoms with Crippen LogP contribution < -0.4 is 14.4 Å². The number of aromatic nitrogens is 3. The Morgan fingerprint density at radius 2 is 1.06 bits per heavy atom. The zero-order chi connectivity index (χ0) is 26.0. The zero-order valence-electron chi connectivity index (χ0n) is 21.8. The summed E-state index contributed by atoms with van der Waals surface area (Å²) in [5.41, 5.74) is -0.159. The van der Waals surface area contributed by atoms with Crippen LogP contribution in [0, 0.1) is 0 Å². The van der Waals surface area contributed by atoms with E-state index in [0.717, 1.165) is 22.6 Å². The fourth-order valence-electron chi connectivity index (χ4n) is 3.89. The second kappa shape index (κ2) is 10.2. The zero-order valence-corrected chi connectivity index (χ0v) is 21.8. The number of rotatable bonds is 9. The van der Waals surface area contributed by atoms with Crippen LogP contribution in [-0.2, 0) is 0 Å². The molecular weight excluding hydrogens is 444 g/mol. The maximum atomic E-state index is 10.8. The van der Waals surface area contributed by atoms with Gasteiger partial charge in [0.25, 0.3) is 0 Å². The summed E-state index contributed by atoms with van der Waals surface area (Å²) < 4.78 is 11.5. The molecule has 188 valence electrons. The summed E-state index contributed by atoms with van der Waals surface area (Å²) in [6.07, 6.45) is 0.126. The van der Waals surface area contributed by atoms with Gasteiger partial charge in [0.1, 0.15) is 34.3 Å². The van der Waals surface area contributed by atoms with Crippen LogP contribution in [0.1, 0.15) is 55.4 Å². The van der Waals surface area contributed by atoms with Crippen molar-refractivity contribution in [3.05, 3.63) is 48.5 Å². The summed E-state index contributed by atoms with van der Waals surface area (Å²) in [5, 5.41) is 30.3. The van der Waals surface area contributed by atoms with Gasteiger partial charge in [-0.15, -0.1) is 10.2 Å². The molecule has 0 unspecified atom stereocenters. The second-order valence-corrected chi connectivity index (χ2v) is 10.0. The van der Waals surface area contributed by atoms with E-state index in [1.165, 1.54) is 4.90 Å². The van der Waals surface area contributed by atoms with Crippen LogP contribution in [0.15, 0.2) is 48.5 Å². The van der Waals surface area contributed by atoms with Gasteiger partial charge in [-0.1, -0.05) is 0 Å². The molecule has 3 aromatic rings. The molecule has 0 aliphatic rings. The van der Waals surface area contributed by atoms with E-state index < -0.39 is 11.4 Å². The Morgan fingerprint density at radius 3 is 1.43 bits per heavy atom. The Hall–Kier alpha value is -3.23. The lowest BCUT2D eigenvalue weighted by Gasteiger charge is -2.42. The molecule has 0 atom stereocenters. The maximum Gasteiger partial charge on any atom is 0.250 e. The first-order chi connectivity index (χ1) is 16.3. The molecule has 0 spiro atoms. The Balaban J connectivity index is 2.15. The van der Waals surface area contributed by atoms with Gasteiger partial charge < -0.3 is 19.7 Å². The van der Waals surface area contributed by atoms with Crippen molar-refractivity contribution in [2.24, 2.45) is 0 Å². The molecule has 3 rings (SSSR count). The van der Waals surface area contributed by atoms with Crippen LogP contribution in [0.5, 0.6) is 11.5 Å². The summed E-state index contributed by atoms with van der Waals surface area (Å²) >= 11 is 0. The first-order valence-electron chi connectivity index (χ1n) is 11.8. The molecule has 0 bridgehead atoms. The smallest absolute Gasteiger partial charge is 0.250 e. The first kappa shape index (κ1) is 26.4. The fraction of sp³-hybridized carbons (Fsp3) is 0.444. The van der Waals surface area contributed by atoms with Crippen LogP contribution in [0.3, 0.4) is 0 Å². The summed E-state index contributed by atoms with van der Waals surface area (Å²) in [6, 6.07) is 15.2. The van der Waals surface area contributed by atoms with E-state index in [0.29, 0.717) is 11.4 Å². The normalized spacial score (nSPS) is 12.2. The van der Waals surface area contributed by atoms with Crippen LogP contribution in [0.2, 0.25) is 0 Å². The van der Waals surface area contributed by atoms with E-state index in [4.69, 9.17) is 14.5 Å². The van der Waals surface area contributed by atoms with E-state index in [1.807, 2.05) is 76.2 Å². The largest absolute Gasteiger partial charge is 0.491 e. The molecular formula is C27H36N4O4. The molecule has 1 heterocycles. The predicted molar refractivity (Wildman–Crippen MR) is 137 cm³/mol. The minimum absolute atomic E-state index is 0.0578. The van der Waals surface area contributed by atoms with Gasteiger partial charge in [0, 0.05) is 11.1 Å². The van der Waals surface area contributed by atoms with E-state index in [9.17, 15) is 10.2 Å². The van der Waals surface area contributed by atoms with Crippen molar-refractivity contribution >= 4 is 5.95 Å². The Labute approximate surface area is 207 Å². The minimum Gasteiger partial charge on any atom is -0.491 e. The molecule has 2 N–H and O–H groups in total. The summed E-state index contributed by atoms with van der Waals surface area (Å²) in [5.74, 6) is 1.61. The number of anilines is 1. The maximum absolute atomic E-state index is 10.8. The van der Waals surface area contributed by atoms with Crippen molar-refractivity contribution < 1.29 is 19.7 Å². The van der Waals surface area contributed by atoms with Crippen LogP contribution in [0.25, 0.3) is 22.5 Å². The molecule has 35 heavy (non-hydrogen) atoms. The highest BCUT2D eigenvalue weighted by Crippen LogP contribution is 2.34. The third kappa shape index (κ3) is 6.68. The summed E-state index contributed by atoms with van der Waals surface area (Å²) in [4.78, 5) is 6.10. The van der Waals surface area contributed by atoms with Gasteiger partial charge in [0.2, 0.25) is 5.95 Å². The van der Waals surface area contributed by atoms with Gasteiger partial charge in [-0.2, -0.15) is 0 Å². The fourth-order valence-corrected chi connectivity index (χ4v) is 3.89. The van der Waals surface area contributed by atoms with Gasteiger partial charge >= 0.3 is 0 Å².